The van der Waals surface area contributed by atoms with Crippen LogP contribution in [0.5, 0.6) is 5.75 Å². The van der Waals surface area contributed by atoms with Gasteiger partial charge in [0.15, 0.2) is 0 Å². The molecule has 0 aromatic heterocycles. The zero-order valence-electron chi connectivity index (χ0n) is 10.4. The number of ether oxygens (including phenoxy) is 1. The predicted octanol–water partition coefficient (Wildman–Crippen LogP) is 3.28. The Morgan fingerprint density at radius 2 is 1.79 bits per heavy atom. The van der Waals surface area contributed by atoms with E-state index in [-0.39, 0.29) is 13.0 Å². The molecule has 2 aromatic rings. The van der Waals surface area contributed by atoms with Crippen LogP contribution in [0.2, 0.25) is 0 Å². The summed E-state index contributed by atoms with van der Waals surface area (Å²) in [6.07, 6.45) is -0.00363. The molecule has 0 unspecified atom stereocenters. The number of hydrogen-bond acceptors (Lipinski definition) is 3. The van der Waals surface area contributed by atoms with Crippen molar-refractivity contribution >= 4 is 17.3 Å². The van der Waals surface area contributed by atoms with E-state index in [4.69, 9.17) is 9.84 Å². The normalized spacial score (nSPS) is 9.89. The third-order valence-corrected chi connectivity index (χ3v) is 2.48. The number of anilines is 2. The minimum atomic E-state index is -0.862. The van der Waals surface area contributed by atoms with Crippen molar-refractivity contribution in [1.29, 1.82) is 0 Å². The molecule has 0 radical (unpaired) electrons. The molecule has 0 saturated carbocycles. The lowest BCUT2D eigenvalue weighted by atomic mass is 10.2. The largest absolute Gasteiger partial charge is 0.493 e. The van der Waals surface area contributed by atoms with Crippen LogP contribution in [0.3, 0.4) is 0 Å². The van der Waals surface area contributed by atoms with Crippen LogP contribution in [0.25, 0.3) is 0 Å². The smallest absolute Gasteiger partial charge is 0.306 e. The summed E-state index contributed by atoms with van der Waals surface area (Å²) in [5.74, 6) is -0.208. The lowest BCUT2D eigenvalue weighted by Crippen LogP contribution is -2.04. The van der Waals surface area contributed by atoms with Gasteiger partial charge in [-0.1, -0.05) is 24.3 Å². The minimum Gasteiger partial charge on any atom is -0.493 e. The molecule has 2 N–H and O–H groups in total. The molecule has 0 atom stereocenters. The highest BCUT2D eigenvalue weighted by atomic mass is 16.5. The Balaban J connectivity index is 1.97. The second-order valence-electron chi connectivity index (χ2n) is 4.01. The van der Waals surface area contributed by atoms with Crippen molar-refractivity contribution in [3.05, 3.63) is 54.6 Å². The molecule has 0 aliphatic heterocycles. The summed E-state index contributed by atoms with van der Waals surface area (Å²) >= 11 is 0. The Labute approximate surface area is 111 Å². The number of nitrogens with one attached hydrogen (secondary N) is 1. The highest BCUT2D eigenvalue weighted by molar-refractivity contribution is 5.66. The highest BCUT2D eigenvalue weighted by Gasteiger charge is 2.00. The summed E-state index contributed by atoms with van der Waals surface area (Å²) in [5, 5.41) is 11.8. The third-order valence-electron chi connectivity index (χ3n) is 2.48. The first-order chi connectivity index (χ1) is 9.24. The van der Waals surface area contributed by atoms with Crippen molar-refractivity contribution in [1.82, 2.24) is 0 Å². The van der Waals surface area contributed by atoms with Crippen LogP contribution in [0.4, 0.5) is 11.4 Å². The van der Waals surface area contributed by atoms with E-state index in [9.17, 15) is 4.79 Å². The maximum Gasteiger partial charge on any atom is 0.306 e. The summed E-state index contributed by atoms with van der Waals surface area (Å²) in [6, 6.07) is 17.2. The van der Waals surface area contributed by atoms with Crippen molar-refractivity contribution in [3.8, 4) is 5.75 Å². The number of aliphatic carboxylic acids is 1. The summed E-state index contributed by atoms with van der Waals surface area (Å²) in [6.45, 7) is 0.171. The summed E-state index contributed by atoms with van der Waals surface area (Å²) in [5.41, 5.74) is 1.89. The topological polar surface area (TPSA) is 58.6 Å². The number of benzene rings is 2. The van der Waals surface area contributed by atoms with Gasteiger partial charge in [0.25, 0.3) is 0 Å². The van der Waals surface area contributed by atoms with E-state index in [1.165, 1.54) is 0 Å². The monoisotopic (exact) mass is 257 g/mol. The fourth-order valence-electron chi connectivity index (χ4n) is 1.61. The number of hydrogen-bond donors (Lipinski definition) is 2. The third kappa shape index (κ3) is 4.35. The summed E-state index contributed by atoms with van der Waals surface area (Å²) in [4.78, 5) is 10.4. The molecule has 2 rings (SSSR count). The van der Waals surface area contributed by atoms with Crippen molar-refractivity contribution in [3.63, 3.8) is 0 Å². The van der Waals surface area contributed by atoms with E-state index in [1.54, 1.807) is 6.07 Å². The minimum absolute atomic E-state index is 0.00363. The van der Waals surface area contributed by atoms with E-state index < -0.39 is 5.97 Å². The molecule has 0 amide bonds. The molecule has 19 heavy (non-hydrogen) atoms. The highest BCUT2D eigenvalue weighted by Crippen LogP contribution is 2.21. The van der Waals surface area contributed by atoms with Gasteiger partial charge in [0.2, 0.25) is 0 Å². The predicted molar refractivity (Wildman–Crippen MR) is 73.9 cm³/mol. The van der Waals surface area contributed by atoms with Crippen LogP contribution in [0.1, 0.15) is 6.42 Å². The van der Waals surface area contributed by atoms with Gasteiger partial charge in [-0.25, -0.2) is 0 Å². The van der Waals surface area contributed by atoms with Gasteiger partial charge in [-0.15, -0.1) is 0 Å². The van der Waals surface area contributed by atoms with Crippen LogP contribution in [0.15, 0.2) is 54.6 Å². The molecule has 2 aromatic carbocycles. The maximum absolute atomic E-state index is 10.4. The molecule has 4 heteroatoms. The number of carboxylic acid groups (broad SMARTS) is 1. The number of para-hydroxylation sites is 1. The van der Waals surface area contributed by atoms with Crippen LogP contribution in [-0.4, -0.2) is 17.7 Å². The molecule has 0 fully saturated rings. The Hall–Kier alpha value is -2.49. The van der Waals surface area contributed by atoms with Crippen LogP contribution >= 0.6 is 0 Å². The number of rotatable bonds is 6. The van der Waals surface area contributed by atoms with Gasteiger partial charge in [-0.2, -0.15) is 0 Å². The second-order valence-corrected chi connectivity index (χ2v) is 4.01. The molecule has 0 aliphatic rings. The van der Waals surface area contributed by atoms with E-state index >= 15 is 0 Å². The zero-order valence-corrected chi connectivity index (χ0v) is 10.4. The molecule has 0 bridgehead atoms. The van der Waals surface area contributed by atoms with Gasteiger partial charge < -0.3 is 15.2 Å². The molecular weight excluding hydrogens is 242 g/mol. The Morgan fingerprint density at radius 3 is 2.53 bits per heavy atom. The maximum atomic E-state index is 10.4. The Bertz CT molecular complexity index is 540. The quantitative estimate of drug-likeness (QED) is 0.833. The summed E-state index contributed by atoms with van der Waals surface area (Å²) in [7, 11) is 0. The van der Waals surface area contributed by atoms with Crippen LogP contribution in [0, 0.1) is 0 Å². The van der Waals surface area contributed by atoms with Gasteiger partial charge >= 0.3 is 5.97 Å². The van der Waals surface area contributed by atoms with Crippen LogP contribution in [-0.2, 0) is 4.79 Å². The van der Waals surface area contributed by atoms with Crippen molar-refractivity contribution in [2.75, 3.05) is 11.9 Å². The van der Waals surface area contributed by atoms with Crippen molar-refractivity contribution in [2.24, 2.45) is 0 Å². The molecule has 0 saturated heterocycles. The lowest BCUT2D eigenvalue weighted by Gasteiger charge is -2.09. The molecule has 0 spiro atoms. The van der Waals surface area contributed by atoms with Crippen LogP contribution < -0.4 is 10.1 Å². The number of carbonyl (C=O) groups is 1. The number of carboxylic acids is 1. The fraction of sp³-hybridized carbons (Fsp3) is 0.133. The molecule has 98 valence electrons. The van der Waals surface area contributed by atoms with E-state index in [1.807, 2.05) is 48.5 Å². The Morgan fingerprint density at radius 1 is 1.05 bits per heavy atom. The lowest BCUT2D eigenvalue weighted by molar-refractivity contribution is -0.137. The standard InChI is InChI=1S/C15H15NO3/c17-15(18)9-10-19-14-8-4-7-13(11-14)16-12-5-2-1-3-6-12/h1-8,11,16H,9-10H2,(H,17,18). The second kappa shape index (κ2) is 6.44. The first-order valence-corrected chi connectivity index (χ1v) is 6.01. The van der Waals surface area contributed by atoms with E-state index in [0.717, 1.165) is 11.4 Å². The summed E-state index contributed by atoms with van der Waals surface area (Å²) < 4.78 is 5.37. The zero-order chi connectivity index (χ0) is 13.5. The average Bonchev–Trinajstić information content (AvgIpc) is 2.40. The van der Waals surface area contributed by atoms with Crippen molar-refractivity contribution in [2.45, 2.75) is 6.42 Å². The van der Waals surface area contributed by atoms with E-state index in [0.29, 0.717) is 5.75 Å². The SMILES string of the molecule is O=C(O)CCOc1cccc(Nc2ccccc2)c1. The van der Waals surface area contributed by atoms with Gasteiger partial charge in [-0.3, -0.25) is 4.79 Å². The van der Waals surface area contributed by atoms with Gasteiger partial charge in [0.05, 0.1) is 13.0 Å². The molecule has 4 nitrogen and oxygen atoms in total. The van der Waals surface area contributed by atoms with Gasteiger partial charge in [-0.05, 0) is 24.3 Å². The Kier molecular flexibility index (Phi) is 4.39. The first kappa shape index (κ1) is 13.0. The molecular formula is C15H15NO3. The van der Waals surface area contributed by atoms with E-state index in [2.05, 4.69) is 5.32 Å². The molecule has 0 heterocycles. The fourth-order valence-corrected chi connectivity index (χ4v) is 1.61. The average molecular weight is 257 g/mol. The van der Waals surface area contributed by atoms with Crippen molar-refractivity contribution < 1.29 is 14.6 Å². The van der Waals surface area contributed by atoms with Gasteiger partial charge in [0.1, 0.15) is 5.75 Å². The molecule has 0 aliphatic carbocycles. The first-order valence-electron chi connectivity index (χ1n) is 6.01. The van der Waals surface area contributed by atoms with Gasteiger partial charge in [0, 0.05) is 17.4 Å².